The second-order valence-electron chi connectivity index (χ2n) is 5.91. The van der Waals surface area contributed by atoms with Gasteiger partial charge in [0.05, 0.1) is 10.6 Å². The molecule has 0 radical (unpaired) electrons. The van der Waals surface area contributed by atoms with E-state index in [1.54, 1.807) is 12.1 Å². The Morgan fingerprint density at radius 2 is 1.79 bits per heavy atom. The first-order chi connectivity index (χ1) is 13.4. The van der Waals surface area contributed by atoms with Gasteiger partial charge in [-0.1, -0.05) is 29.5 Å². The number of halogens is 3. The topological polar surface area (TPSA) is 41.4 Å². The summed E-state index contributed by atoms with van der Waals surface area (Å²) in [5.41, 5.74) is 1.16. The van der Waals surface area contributed by atoms with Crippen molar-refractivity contribution in [3.63, 3.8) is 0 Å². The van der Waals surface area contributed by atoms with E-state index < -0.39 is 11.9 Å². The maximum absolute atomic E-state index is 13.4. The lowest BCUT2D eigenvalue weighted by molar-refractivity contribution is -0.140. The first-order valence-corrected chi connectivity index (χ1v) is 9.62. The molecule has 2 aromatic heterocycles. The number of nitrogens with zero attached hydrogens (tertiary/aromatic N) is 4. The zero-order valence-electron chi connectivity index (χ0n) is 15.4. The molecule has 3 aromatic rings. The molecule has 0 saturated carbocycles. The zero-order valence-corrected chi connectivity index (χ0v) is 16.3. The van der Waals surface area contributed by atoms with Gasteiger partial charge in [0, 0.05) is 31.2 Å². The molecule has 8 heteroatoms. The first-order valence-electron chi connectivity index (χ1n) is 8.81. The number of benzene rings is 1. The SMILES string of the molecule is CCN(CC)c1ccc(C=Nc2nc(C(F)(F)F)c(-c3ccccn3)s2)cc1. The summed E-state index contributed by atoms with van der Waals surface area (Å²) in [6.07, 6.45) is -1.59. The Labute approximate surface area is 165 Å². The van der Waals surface area contributed by atoms with E-state index in [1.165, 1.54) is 18.5 Å². The fourth-order valence-electron chi connectivity index (χ4n) is 2.72. The van der Waals surface area contributed by atoms with Crippen molar-refractivity contribution in [3.8, 4) is 10.6 Å². The van der Waals surface area contributed by atoms with Crippen molar-refractivity contribution >= 4 is 28.4 Å². The Bertz CT molecular complexity index is 930. The number of aliphatic imine (C=N–C) groups is 1. The predicted octanol–water partition coefficient (Wildman–Crippen LogP) is 5.82. The van der Waals surface area contributed by atoms with Crippen LogP contribution in [-0.2, 0) is 6.18 Å². The summed E-state index contributed by atoms with van der Waals surface area (Å²) in [5.74, 6) is 0. The lowest BCUT2D eigenvalue weighted by Crippen LogP contribution is -2.21. The summed E-state index contributed by atoms with van der Waals surface area (Å²) in [5, 5.41) is 0.0424. The number of thiazole rings is 1. The minimum Gasteiger partial charge on any atom is -0.372 e. The average Bonchev–Trinajstić information content (AvgIpc) is 3.14. The maximum Gasteiger partial charge on any atom is 0.434 e. The van der Waals surface area contributed by atoms with Crippen molar-refractivity contribution < 1.29 is 13.2 Å². The largest absolute Gasteiger partial charge is 0.434 e. The monoisotopic (exact) mass is 404 g/mol. The summed E-state index contributed by atoms with van der Waals surface area (Å²) >= 11 is 0.874. The molecule has 0 aliphatic rings. The number of pyridine rings is 1. The highest BCUT2D eigenvalue weighted by molar-refractivity contribution is 7.18. The van der Waals surface area contributed by atoms with Gasteiger partial charge in [0.15, 0.2) is 5.69 Å². The Kier molecular flexibility index (Phi) is 6.08. The molecule has 0 spiro atoms. The van der Waals surface area contributed by atoms with Gasteiger partial charge in [-0.2, -0.15) is 13.2 Å². The zero-order chi connectivity index (χ0) is 20.1. The first kappa shape index (κ1) is 20.0. The van der Waals surface area contributed by atoms with Crippen molar-refractivity contribution in [2.75, 3.05) is 18.0 Å². The van der Waals surface area contributed by atoms with Crippen molar-refractivity contribution in [2.45, 2.75) is 20.0 Å². The molecule has 28 heavy (non-hydrogen) atoms. The third-order valence-corrected chi connectivity index (χ3v) is 5.11. The second kappa shape index (κ2) is 8.52. The molecule has 146 valence electrons. The van der Waals surface area contributed by atoms with E-state index in [2.05, 4.69) is 33.7 Å². The maximum atomic E-state index is 13.4. The lowest BCUT2D eigenvalue weighted by atomic mass is 10.2. The molecule has 0 aliphatic heterocycles. The molecule has 4 nitrogen and oxygen atoms in total. The van der Waals surface area contributed by atoms with Crippen molar-refractivity contribution in [1.82, 2.24) is 9.97 Å². The van der Waals surface area contributed by atoms with Gasteiger partial charge in [-0.05, 0) is 43.7 Å². The van der Waals surface area contributed by atoms with Crippen LogP contribution in [0.15, 0.2) is 53.7 Å². The average molecular weight is 404 g/mol. The summed E-state index contributed by atoms with van der Waals surface area (Å²) < 4.78 is 40.1. The van der Waals surface area contributed by atoms with Gasteiger partial charge in [0.1, 0.15) is 0 Å². The second-order valence-corrected chi connectivity index (χ2v) is 6.89. The third kappa shape index (κ3) is 4.56. The van der Waals surface area contributed by atoms with Gasteiger partial charge in [0.25, 0.3) is 0 Å². The van der Waals surface area contributed by atoms with E-state index in [1.807, 2.05) is 24.3 Å². The molecular formula is C20H19F3N4S. The quantitative estimate of drug-likeness (QED) is 0.486. The highest BCUT2D eigenvalue weighted by Gasteiger charge is 2.38. The number of anilines is 1. The molecule has 0 N–H and O–H groups in total. The summed E-state index contributed by atoms with van der Waals surface area (Å²) in [6.45, 7) is 5.97. The molecule has 0 unspecified atom stereocenters. The molecule has 0 bridgehead atoms. The van der Waals surface area contributed by atoms with Crippen LogP contribution in [0, 0.1) is 0 Å². The standard InChI is InChI=1S/C20H19F3N4S/c1-3-27(4-2)15-10-8-14(9-11-15)13-25-19-26-18(20(21,22)23)17(28-19)16-7-5-6-12-24-16/h5-13H,3-4H2,1-2H3. The molecule has 0 aliphatic carbocycles. The third-order valence-electron chi connectivity index (χ3n) is 4.13. The van der Waals surface area contributed by atoms with Crippen LogP contribution in [0.25, 0.3) is 10.6 Å². The molecule has 0 atom stereocenters. The van der Waals surface area contributed by atoms with E-state index in [0.29, 0.717) is 0 Å². The fourth-order valence-corrected chi connectivity index (χ4v) is 3.62. The van der Waals surface area contributed by atoms with E-state index in [4.69, 9.17) is 0 Å². The van der Waals surface area contributed by atoms with Crippen molar-refractivity contribution in [1.29, 1.82) is 0 Å². The van der Waals surface area contributed by atoms with Crippen LogP contribution in [0.3, 0.4) is 0 Å². The highest BCUT2D eigenvalue weighted by Crippen LogP contribution is 2.42. The van der Waals surface area contributed by atoms with Gasteiger partial charge < -0.3 is 4.90 Å². The highest BCUT2D eigenvalue weighted by atomic mass is 32.1. The van der Waals surface area contributed by atoms with Crippen LogP contribution in [0.1, 0.15) is 25.1 Å². The van der Waals surface area contributed by atoms with Crippen LogP contribution in [0.5, 0.6) is 0 Å². The number of hydrogen-bond acceptors (Lipinski definition) is 5. The molecule has 0 amide bonds. The van der Waals surface area contributed by atoms with Crippen LogP contribution < -0.4 is 4.90 Å². The number of rotatable bonds is 6. The minimum absolute atomic E-state index is 0.0304. The van der Waals surface area contributed by atoms with E-state index in [9.17, 15) is 13.2 Å². The number of aromatic nitrogens is 2. The smallest absolute Gasteiger partial charge is 0.372 e. The van der Waals surface area contributed by atoms with Crippen LogP contribution in [-0.4, -0.2) is 29.3 Å². The van der Waals surface area contributed by atoms with Crippen LogP contribution >= 0.6 is 11.3 Å². The van der Waals surface area contributed by atoms with E-state index >= 15 is 0 Å². The number of alkyl halides is 3. The van der Waals surface area contributed by atoms with Crippen molar-refractivity contribution in [2.24, 2.45) is 4.99 Å². The predicted molar refractivity (Wildman–Crippen MR) is 108 cm³/mol. The minimum atomic E-state index is -4.57. The van der Waals surface area contributed by atoms with Gasteiger partial charge in [-0.3, -0.25) is 4.98 Å². The van der Waals surface area contributed by atoms with E-state index in [-0.39, 0.29) is 15.7 Å². The molecule has 0 saturated heterocycles. The molecule has 2 heterocycles. The Hall–Kier alpha value is -2.74. The van der Waals surface area contributed by atoms with Gasteiger partial charge >= 0.3 is 6.18 Å². The summed E-state index contributed by atoms with van der Waals surface area (Å²) in [7, 11) is 0. The van der Waals surface area contributed by atoms with Gasteiger partial charge in [-0.25, -0.2) is 9.98 Å². The summed E-state index contributed by atoms with van der Waals surface area (Å²) in [4.78, 5) is 14.0. The summed E-state index contributed by atoms with van der Waals surface area (Å²) in [6, 6.07) is 12.5. The number of hydrogen-bond donors (Lipinski definition) is 0. The lowest BCUT2D eigenvalue weighted by Gasteiger charge is -2.20. The van der Waals surface area contributed by atoms with Crippen molar-refractivity contribution in [3.05, 3.63) is 59.9 Å². The Morgan fingerprint density at radius 1 is 1.07 bits per heavy atom. The van der Waals surface area contributed by atoms with Crippen LogP contribution in [0.2, 0.25) is 0 Å². The molecule has 1 aromatic carbocycles. The van der Waals surface area contributed by atoms with Gasteiger partial charge in [-0.15, -0.1) is 0 Å². The molecule has 3 rings (SSSR count). The van der Waals surface area contributed by atoms with Gasteiger partial charge in [0.2, 0.25) is 5.13 Å². The Balaban J connectivity index is 1.87. The normalized spacial score (nSPS) is 11.9. The molecule has 0 fully saturated rings. The van der Waals surface area contributed by atoms with E-state index in [0.717, 1.165) is 35.7 Å². The molecular weight excluding hydrogens is 385 g/mol. The fraction of sp³-hybridized carbons (Fsp3) is 0.250. The van der Waals surface area contributed by atoms with Crippen LogP contribution in [0.4, 0.5) is 24.0 Å². The Morgan fingerprint density at radius 3 is 2.36 bits per heavy atom.